The lowest BCUT2D eigenvalue weighted by Crippen LogP contribution is -1.83. The van der Waals surface area contributed by atoms with Gasteiger partial charge in [0.25, 0.3) is 0 Å². The van der Waals surface area contributed by atoms with E-state index in [9.17, 15) is 0 Å². The minimum absolute atomic E-state index is 0.969. The van der Waals surface area contributed by atoms with Crippen LogP contribution in [0.4, 0.5) is 0 Å². The van der Waals surface area contributed by atoms with Gasteiger partial charge >= 0.3 is 0 Å². The van der Waals surface area contributed by atoms with E-state index >= 15 is 0 Å². The molecule has 4 rings (SSSR count). The SMILES string of the molecule is c1cnc2c(c1)-c1c(ccc3ccccc13)C2. The van der Waals surface area contributed by atoms with Gasteiger partial charge in [-0.3, -0.25) is 4.98 Å². The molecule has 0 fully saturated rings. The van der Waals surface area contributed by atoms with Crippen LogP contribution in [0, 0.1) is 0 Å². The first-order valence-corrected chi connectivity index (χ1v) is 5.88. The van der Waals surface area contributed by atoms with Crippen molar-refractivity contribution in [2.75, 3.05) is 0 Å². The molecule has 0 radical (unpaired) electrons. The first-order valence-electron chi connectivity index (χ1n) is 5.88. The second-order valence-corrected chi connectivity index (χ2v) is 4.50. The van der Waals surface area contributed by atoms with E-state index in [-0.39, 0.29) is 0 Å². The third kappa shape index (κ3) is 1.17. The summed E-state index contributed by atoms with van der Waals surface area (Å²) < 4.78 is 0. The maximum atomic E-state index is 4.48. The summed E-state index contributed by atoms with van der Waals surface area (Å²) in [4.78, 5) is 4.48. The summed E-state index contributed by atoms with van der Waals surface area (Å²) in [6.07, 6.45) is 2.85. The van der Waals surface area contributed by atoms with Crippen LogP contribution >= 0.6 is 0 Å². The predicted molar refractivity (Wildman–Crippen MR) is 70.0 cm³/mol. The average Bonchev–Trinajstić information content (AvgIpc) is 2.77. The van der Waals surface area contributed by atoms with Gasteiger partial charge in [0.2, 0.25) is 0 Å². The minimum atomic E-state index is 0.969. The van der Waals surface area contributed by atoms with Crippen molar-refractivity contribution in [3.8, 4) is 11.1 Å². The van der Waals surface area contributed by atoms with Crippen molar-refractivity contribution in [3.63, 3.8) is 0 Å². The van der Waals surface area contributed by atoms with Gasteiger partial charge in [0, 0.05) is 18.2 Å². The highest BCUT2D eigenvalue weighted by Crippen LogP contribution is 2.39. The molecule has 1 aliphatic carbocycles. The van der Waals surface area contributed by atoms with Crippen LogP contribution < -0.4 is 0 Å². The molecule has 0 amide bonds. The highest BCUT2D eigenvalue weighted by atomic mass is 14.7. The van der Waals surface area contributed by atoms with Gasteiger partial charge in [-0.15, -0.1) is 0 Å². The molecular formula is C16H11N. The van der Waals surface area contributed by atoms with Crippen LogP contribution in [-0.2, 0) is 6.42 Å². The second-order valence-electron chi connectivity index (χ2n) is 4.50. The first-order chi connectivity index (χ1) is 8.43. The minimum Gasteiger partial charge on any atom is -0.260 e. The largest absolute Gasteiger partial charge is 0.260 e. The number of rotatable bonds is 0. The van der Waals surface area contributed by atoms with Gasteiger partial charge in [-0.25, -0.2) is 0 Å². The molecule has 80 valence electrons. The van der Waals surface area contributed by atoms with Crippen molar-refractivity contribution in [2.45, 2.75) is 6.42 Å². The molecule has 1 aromatic heterocycles. The number of nitrogens with zero attached hydrogens (tertiary/aromatic N) is 1. The van der Waals surface area contributed by atoms with E-state index in [0.717, 1.165) is 6.42 Å². The highest BCUT2D eigenvalue weighted by molar-refractivity contribution is 6.00. The zero-order valence-electron chi connectivity index (χ0n) is 9.35. The summed E-state index contributed by atoms with van der Waals surface area (Å²) in [5.41, 5.74) is 5.29. The Kier molecular flexibility index (Phi) is 1.67. The van der Waals surface area contributed by atoms with Crippen LogP contribution in [0.1, 0.15) is 11.3 Å². The van der Waals surface area contributed by atoms with Gasteiger partial charge in [-0.05, 0) is 28.0 Å². The van der Waals surface area contributed by atoms with Gasteiger partial charge in [0.05, 0.1) is 5.69 Å². The molecule has 17 heavy (non-hydrogen) atoms. The molecule has 0 bridgehead atoms. The van der Waals surface area contributed by atoms with Crippen molar-refractivity contribution in [3.05, 3.63) is 66.0 Å². The first kappa shape index (κ1) is 8.94. The van der Waals surface area contributed by atoms with Gasteiger partial charge < -0.3 is 0 Å². The fourth-order valence-electron chi connectivity index (χ4n) is 2.77. The van der Waals surface area contributed by atoms with Gasteiger partial charge in [-0.2, -0.15) is 0 Å². The molecular weight excluding hydrogens is 206 g/mol. The van der Waals surface area contributed by atoms with E-state index in [1.54, 1.807) is 0 Å². The molecule has 0 aliphatic heterocycles. The molecule has 1 heteroatoms. The van der Waals surface area contributed by atoms with Crippen molar-refractivity contribution >= 4 is 10.8 Å². The standard InChI is InChI=1S/C16H11N/c1-2-5-13-11(4-1)7-8-12-10-15-14(16(12)13)6-3-9-17-15/h1-9H,10H2. The lowest BCUT2D eigenvalue weighted by molar-refractivity contribution is 1.12. The molecule has 0 spiro atoms. The number of hydrogen-bond acceptors (Lipinski definition) is 1. The Balaban J connectivity index is 2.17. The summed E-state index contributed by atoms with van der Waals surface area (Å²) in [5.74, 6) is 0. The van der Waals surface area contributed by atoms with E-state index in [1.807, 2.05) is 12.3 Å². The third-order valence-corrected chi connectivity index (χ3v) is 3.53. The smallest absolute Gasteiger partial charge is 0.0526 e. The van der Waals surface area contributed by atoms with Crippen LogP contribution in [0.2, 0.25) is 0 Å². The second kappa shape index (κ2) is 3.17. The Bertz CT molecular complexity index is 728. The van der Waals surface area contributed by atoms with Crippen molar-refractivity contribution in [1.29, 1.82) is 0 Å². The van der Waals surface area contributed by atoms with E-state index in [0.29, 0.717) is 0 Å². The fourth-order valence-corrected chi connectivity index (χ4v) is 2.77. The Morgan fingerprint density at radius 3 is 2.82 bits per heavy atom. The van der Waals surface area contributed by atoms with Crippen molar-refractivity contribution < 1.29 is 0 Å². The summed E-state index contributed by atoms with van der Waals surface area (Å²) in [6.45, 7) is 0. The molecule has 0 atom stereocenters. The topological polar surface area (TPSA) is 12.9 Å². The van der Waals surface area contributed by atoms with E-state index in [2.05, 4.69) is 47.4 Å². The quantitative estimate of drug-likeness (QED) is 0.436. The summed E-state index contributed by atoms with van der Waals surface area (Å²) in [7, 11) is 0. The van der Waals surface area contributed by atoms with Gasteiger partial charge in [0.1, 0.15) is 0 Å². The van der Waals surface area contributed by atoms with Crippen LogP contribution in [0.3, 0.4) is 0 Å². The lowest BCUT2D eigenvalue weighted by Gasteiger charge is -2.05. The Morgan fingerprint density at radius 1 is 0.882 bits per heavy atom. The van der Waals surface area contributed by atoms with Crippen LogP contribution in [0.5, 0.6) is 0 Å². The third-order valence-electron chi connectivity index (χ3n) is 3.53. The number of fused-ring (bicyclic) bond motifs is 5. The average molecular weight is 217 g/mol. The van der Waals surface area contributed by atoms with Crippen molar-refractivity contribution in [1.82, 2.24) is 4.98 Å². The molecule has 0 N–H and O–H groups in total. The molecule has 1 aliphatic rings. The number of benzene rings is 2. The number of pyridine rings is 1. The highest BCUT2D eigenvalue weighted by Gasteiger charge is 2.20. The normalized spacial score (nSPS) is 12.5. The number of hydrogen-bond donors (Lipinski definition) is 0. The Hall–Kier alpha value is -2.15. The Morgan fingerprint density at radius 2 is 1.82 bits per heavy atom. The van der Waals surface area contributed by atoms with Crippen molar-refractivity contribution in [2.24, 2.45) is 0 Å². The monoisotopic (exact) mass is 217 g/mol. The molecule has 0 unspecified atom stereocenters. The maximum absolute atomic E-state index is 4.48. The lowest BCUT2D eigenvalue weighted by atomic mass is 9.98. The van der Waals surface area contributed by atoms with E-state index < -0.39 is 0 Å². The molecule has 2 aromatic carbocycles. The fraction of sp³-hybridized carbons (Fsp3) is 0.0625. The van der Waals surface area contributed by atoms with Crippen LogP contribution in [-0.4, -0.2) is 4.98 Å². The zero-order chi connectivity index (χ0) is 11.2. The molecule has 1 heterocycles. The molecule has 0 saturated heterocycles. The summed E-state index contributed by atoms with van der Waals surface area (Å²) in [6, 6.07) is 17.2. The van der Waals surface area contributed by atoms with E-state index in [1.165, 1.54) is 33.2 Å². The molecule has 3 aromatic rings. The van der Waals surface area contributed by atoms with Crippen LogP contribution in [0.15, 0.2) is 54.7 Å². The molecule has 1 nitrogen and oxygen atoms in total. The number of aromatic nitrogens is 1. The van der Waals surface area contributed by atoms with E-state index in [4.69, 9.17) is 0 Å². The van der Waals surface area contributed by atoms with Gasteiger partial charge in [0.15, 0.2) is 0 Å². The predicted octanol–water partition coefficient (Wildman–Crippen LogP) is 3.81. The van der Waals surface area contributed by atoms with Gasteiger partial charge in [-0.1, -0.05) is 42.5 Å². The maximum Gasteiger partial charge on any atom is 0.0526 e. The molecule has 0 saturated carbocycles. The summed E-state index contributed by atoms with van der Waals surface area (Å²) >= 11 is 0. The Labute approximate surface area is 99.7 Å². The summed E-state index contributed by atoms with van der Waals surface area (Å²) in [5, 5.41) is 2.65. The van der Waals surface area contributed by atoms with Crippen LogP contribution in [0.25, 0.3) is 21.9 Å². The zero-order valence-corrected chi connectivity index (χ0v) is 9.35.